The van der Waals surface area contributed by atoms with Crippen LogP contribution in [0.1, 0.15) is 23.7 Å². The Labute approximate surface area is 141 Å². The van der Waals surface area contributed by atoms with Crippen LogP contribution in [-0.2, 0) is 10.0 Å². The second-order valence-corrected chi connectivity index (χ2v) is 6.88. The number of benzene rings is 2. The van der Waals surface area contributed by atoms with Gasteiger partial charge >= 0.3 is 0 Å². The summed E-state index contributed by atoms with van der Waals surface area (Å²) in [6.07, 6.45) is 0.691. The molecule has 128 valence electrons. The molecular formula is C17H20N2O4S. The van der Waals surface area contributed by atoms with Crippen LogP contribution in [0.5, 0.6) is 5.75 Å². The van der Waals surface area contributed by atoms with Crippen molar-refractivity contribution < 1.29 is 17.9 Å². The lowest BCUT2D eigenvalue weighted by atomic mass is 10.2. The Morgan fingerprint density at radius 2 is 1.83 bits per heavy atom. The molecule has 0 saturated heterocycles. The molecule has 0 aliphatic rings. The summed E-state index contributed by atoms with van der Waals surface area (Å²) in [7, 11) is -2.05. The van der Waals surface area contributed by atoms with E-state index in [2.05, 4.69) is 10.0 Å². The van der Waals surface area contributed by atoms with Crippen LogP contribution in [0.15, 0.2) is 53.4 Å². The fourth-order valence-corrected chi connectivity index (χ4v) is 3.18. The molecule has 2 aromatic rings. The van der Waals surface area contributed by atoms with Crippen LogP contribution in [0.25, 0.3) is 0 Å². The minimum Gasteiger partial charge on any atom is -0.497 e. The van der Waals surface area contributed by atoms with E-state index in [1.165, 1.54) is 12.1 Å². The smallest absolute Gasteiger partial charge is 0.255 e. The standard InChI is InChI=1S/C17H20N2O4S/c1-3-11-18-24(21,22)16-6-4-5-13(12-16)17(20)19-14-7-9-15(23-2)10-8-14/h4-10,12,18H,3,11H2,1-2H3,(H,19,20). The third kappa shape index (κ3) is 4.56. The predicted molar refractivity (Wildman–Crippen MR) is 92.9 cm³/mol. The molecule has 0 radical (unpaired) electrons. The van der Waals surface area contributed by atoms with Gasteiger partial charge in [0.2, 0.25) is 10.0 Å². The van der Waals surface area contributed by atoms with Crippen LogP contribution in [0.3, 0.4) is 0 Å². The van der Waals surface area contributed by atoms with Gasteiger partial charge in [0.15, 0.2) is 0 Å². The molecule has 7 heteroatoms. The largest absolute Gasteiger partial charge is 0.497 e. The molecule has 0 bridgehead atoms. The molecule has 0 atom stereocenters. The van der Waals surface area contributed by atoms with Crippen LogP contribution in [0.4, 0.5) is 5.69 Å². The SMILES string of the molecule is CCCNS(=O)(=O)c1cccc(C(=O)Nc2ccc(OC)cc2)c1. The van der Waals surface area contributed by atoms with Crippen molar-refractivity contribution in [2.45, 2.75) is 18.2 Å². The highest BCUT2D eigenvalue weighted by atomic mass is 32.2. The molecule has 0 spiro atoms. The Hall–Kier alpha value is -2.38. The van der Waals surface area contributed by atoms with Crippen molar-refractivity contribution in [2.75, 3.05) is 19.0 Å². The van der Waals surface area contributed by atoms with Gasteiger partial charge in [0, 0.05) is 17.8 Å². The van der Waals surface area contributed by atoms with Gasteiger partial charge in [-0.15, -0.1) is 0 Å². The highest BCUT2D eigenvalue weighted by Crippen LogP contribution is 2.17. The zero-order chi connectivity index (χ0) is 17.6. The van der Waals surface area contributed by atoms with Gasteiger partial charge in [0.25, 0.3) is 5.91 Å². The monoisotopic (exact) mass is 348 g/mol. The lowest BCUT2D eigenvalue weighted by Gasteiger charge is -2.09. The summed E-state index contributed by atoms with van der Waals surface area (Å²) in [6.45, 7) is 2.23. The minimum absolute atomic E-state index is 0.0679. The van der Waals surface area contributed by atoms with E-state index in [9.17, 15) is 13.2 Å². The number of amides is 1. The second-order valence-electron chi connectivity index (χ2n) is 5.11. The van der Waals surface area contributed by atoms with Crippen molar-refractivity contribution in [3.63, 3.8) is 0 Å². The number of rotatable bonds is 7. The Bertz CT molecular complexity index is 802. The topological polar surface area (TPSA) is 84.5 Å². The summed E-state index contributed by atoms with van der Waals surface area (Å²) < 4.78 is 31.8. The normalized spacial score (nSPS) is 11.1. The fraction of sp³-hybridized carbons (Fsp3) is 0.235. The minimum atomic E-state index is -3.61. The average molecular weight is 348 g/mol. The number of hydrogen-bond donors (Lipinski definition) is 2. The van der Waals surface area contributed by atoms with Crippen LogP contribution >= 0.6 is 0 Å². The number of ether oxygens (including phenoxy) is 1. The van der Waals surface area contributed by atoms with Crippen molar-refractivity contribution in [3.8, 4) is 5.75 Å². The van der Waals surface area contributed by atoms with Gasteiger partial charge in [0.05, 0.1) is 12.0 Å². The Balaban J connectivity index is 2.16. The molecule has 2 rings (SSSR count). The number of carbonyl (C=O) groups is 1. The first kappa shape index (κ1) is 18.0. The van der Waals surface area contributed by atoms with Crippen molar-refractivity contribution in [3.05, 3.63) is 54.1 Å². The van der Waals surface area contributed by atoms with Crippen LogP contribution in [0, 0.1) is 0 Å². The maximum absolute atomic E-state index is 12.3. The summed E-state index contributed by atoms with van der Waals surface area (Å²) in [6, 6.07) is 12.8. The van der Waals surface area contributed by atoms with Crippen molar-refractivity contribution in [1.29, 1.82) is 0 Å². The van der Waals surface area contributed by atoms with Gasteiger partial charge in [-0.3, -0.25) is 4.79 Å². The third-order valence-electron chi connectivity index (χ3n) is 3.30. The van der Waals surface area contributed by atoms with E-state index in [4.69, 9.17) is 4.74 Å². The number of nitrogens with one attached hydrogen (secondary N) is 2. The molecule has 0 unspecified atom stereocenters. The maximum Gasteiger partial charge on any atom is 0.255 e. The average Bonchev–Trinajstić information content (AvgIpc) is 2.61. The molecule has 0 aromatic heterocycles. The second kappa shape index (κ2) is 7.94. The summed E-state index contributed by atoms with van der Waals surface area (Å²) >= 11 is 0. The Kier molecular flexibility index (Phi) is 5.94. The van der Waals surface area contributed by atoms with Gasteiger partial charge in [-0.25, -0.2) is 13.1 Å². The fourth-order valence-electron chi connectivity index (χ4n) is 2.00. The van der Waals surface area contributed by atoms with E-state index in [1.807, 2.05) is 6.92 Å². The quantitative estimate of drug-likeness (QED) is 0.805. The molecule has 2 N–H and O–H groups in total. The summed E-state index contributed by atoms with van der Waals surface area (Å²) in [5, 5.41) is 2.72. The molecule has 0 heterocycles. The number of hydrogen-bond acceptors (Lipinski definition) is 4. The van der Waals surface area contributed by atoms with E-state index < -0.39 is 10.0 Å². The summed E-state index contributed by atoms with van der Waals surface area (Å²) in [4.78, 5) is 12.4. The number of anilines is 1. The molecule has 0 saturated carbocycles. The molecule has 0 aliphatic carbocycles. The summed E-state index contributed by atoms with van der Waals surface area (Å²) in [5.41, 5.74) is 0.864. The first-order valence-electron chi connectivity index (χ1n) is 7.51. The Morgan fingerprint density at radius 1 is 1.12 bits per heavy atom. The van der Waals surface area contributed by atoms with E-state index >= 15 is 0 Å². The number of sulfonamides is 1. The molecular weight excluding hydrogens is 328 g/mol. The van der Waals surface area contributed by atoms with Gasteiger partial charge in [-0.2, -0.15) is 0 Å². The highest BCUT2D eigenvalue weighted by Gasteiger charge is 2.15. The van der Waals surface area contributed by atoms with E-state index in [0.717, 1.165) is 0 Å². The zero-order valence-corrected chi connectivity index (χ0v) is 14.4. The number of methoxy groups -OCH3 is 1. The molecule has 6 nitrogen and oxygen atoms in total. The molecule has 0 aliphatic heterocycles. The lowest BCUT2D eigenvalue weighted by molar-refractivity contribution is 0.102. The van der Waals surface area contributed by atoms with E-state index in [0.29, 0.717) is 24.4 Å². The van der Waals surface area contributed by atoms with Crippen molar-refractivity contribution >= 4 is 21.6 Å². The van der Waals surface area contributed by atoms with E-state index in [-0.39, 0.29) is 16.4 Å². The van der Waals surface area contributed by atoms with Crippen LogP contribution in [0.2, 0.25) is 0 Å². The zero-order valence-electron chi connectivity index (χ0n) is 13.6. The summed E-state index contributed by atoms with van der Waals surface area (Å²) in [5.74, 6) is 0.302. The third-order valence-corrected chi connectivity index (χ3v) is 4.76. The van der Waals surface area contributed by atoms with Gasteiger partial charge in [0.1, 0.15) is 5.75 Å². The van der Waals surface area contributed by atoms with Gasteiger partial charge in [-0.1, -0.05) is 13.0 Å². The lowest BCUT2D eigenvalue weighted by Crippen LogP contribution is -2.24. The predicted octanol–water partition coefficient (Wildman–Crippen LogP) is 2.64. The van der Waals surface area contributed by atoms with Crippen LogP contribution < -0.4 is 14.8 Å². The highest BCUT2D eigenvalue weighted by molar-refractivity contribution is 7.89. The molecule has 2 aromatic carbocycles. The van der Waals surface area contributed by atoms with Crippen molar-refractivity contribution in [2.24, 2.45) is 0 Å². The van der Waals surface area contributed by atoms with E-state index in [1.54, 1.807) is 43.5 Å². The van der Waals surface area contributed by atoms with Gasteiger partial charge < -0.3 is 10.1 Å². The first-order chi connectivity index (χ1) is 11.5. The van der Waals surface area contributed by atoms with Crippen LogP contribution in [-0.4, -0.2) is 28.0 Å². The van der Waals surface area contributed by atoms with Gasteiger partial charge in [-0.05, 0) is 48.9 Å². The molecule has 24 heavy (non-hydrogen) atoms. The molecule has 0 fully saturated rings. The van der Waals surface area contributed by atoms with Crippen molar-refractivity contribution in [1.82, 2.24) is 4.72 Å². The molecule has 1 amide bonds. The first-order valence-corrected chi connectivity index (χ1v) is 8.99. The maximum atomic E-state index is 12.3. The Morgan fingerprint density at radius 3 is 2.46 bits per heavy atom. The number of carbonyl (C=O) groups excluding carboxylic acids is 1.